The maximum atomic E-state index is 13.2. The van der Waals surface area contributed by atoms with Gasteiger partial charge in [-0.2, -0.15) is 0 Å². The number of carbonyl (C=O) groups excluding carboxylic acids is 4. The summed E-state index contributed by atoms with van der Waals surface area (Å²) in [4.78, 5) is 50.7. The van der Waals surface area contributed by atoms with Crippen LogP contribution >= 0.6 is 0 Å². The van der Waals surface area contributed by atoms with Gasteiger partial charge in [-0.3, -0.25) is 14.9 Å². The number of imide groups is 2. The molecule has 1 fully saturated rings. The average Bonchev–Trinajstić information content (AvgIpc) is 3.33. The van der Waals surface area contributed by atoms with E-state index in [0.717, 1.165) is 16.0 Å². The van der Waals surface area contributed by atoms with Gasteiger partial charge in [-0.15, -0.1) is 0 Å². The first-order valence-electron chi connectivity index (χ1n) is 11.2. The number of amides is 4. The number of aryl methyl sites for hydroxylation is 2. The van der Waals surface area contributed by atoms with Gasteiger partial charge in [-0.25, -0.2) is 14.5 Å². The van der Waals surface area contributed by atoms with Crippen LogP contribution in [0, 0.1) is 13.8 Å². The minimum absolute atomic E-state index is 0.0155. The summed E-state index contributed by atoms with van der Waals surface area (Å²) >= 11 is 0. The number of furan rings is 1. The van der Waals surface area contributed by atoms with Crippen molar-refractivity contribution in [3.05, 3.63) is 82.3 Å². The van der Waals surface area contributed by atoms with E-state index in [9.17, 15) is 19.2 Å². The Morgan fingerprint density at radius 2 is 1.70 bits per heavy atom. The van der Waals surface area contributed by atoms with Crippen LogP contribution in [0.25, 0.3) is 6.08 Å². The van der Waals surface area contributed by atoms with Gasteiger partial charge in [0.25, 0.3) is 11.8 Å². The smallest absolute Gasteiger partial charge is 0.373 e. The van der Waals surface area contributed by atoms with Crippen molar-refractivity contribution in [2.45, 2.75) is 20.5 Å². The minimum atomic E-state index is -0.813. The Labute approximate surface area is 212 Å². The Balaban J connectivity index is 1.57. The highest BCUT2D eigenvalue weighted by atomic mass is 16.5. The van der Waals surface area contributed by atoms with E-state index < -0.39 is 23.8 Å². The molecule has 1 aromatic heterocycles. The van der Waals surface area contributed by atoms with Gasteiger partial charge in [0.05, 0.1) is 19.9 Å². The molecule has 2 aromatic carbocycles. The lowest BCUT2D eigenvalue weighted by Crippen LogP contribution is -2.54. The van der Waals surface area contributed by atoms with Crippen molar-refractivity contribution in [2.24, 2.45) is 0 Å². The van der Waals surface area contributed by atoms with Crippen LogP contribution in [0.1, 0.15) is 33.0 Å². The molecule has 0 radical (unpaired) electrons. The van der Waals surface area contributed by atoms with Gasteiger partial charge >= 0.3 is 12.0 Å². The second kappa shape index (κ2) is 10.4. The van der Waals surface area contributed by atoms with E-state index in [1.807, 2.05) is 19.9 Å². The van der Waals surface area contributed by atoms with E-state index in [2.05, 4.69) is 10.1 Å². The number of esters is 1. The van der Waals surface area contributed by atoms with E-state index >= 15 is 0 Å². The number of hydrogen-bond acceptors (Lipinski definition) is 8. The summed E-state index contributed by atoms with van der Waals surface area (Å²) in [6, 6.07) is 12.4. The van der Waals surface area contributed by atoms with E-state index in [1.54, 1.807) is 36.4 Å². The lowest BCUT2D eigenvalue weighted by molar-refractivity contribution is -0.122. The van der Waals surface area contributed by atoms with Crippen molar-refractivity contribution in [1.29, 1.82) is 0 Å². The largest absolute Gasteiger partial charge is 0.493 e. The highest BCUT2D eigenvalue weighted by Gasteiger charge is 2.37. The number of methoxy groups -OCH3 is 2. The van der Waals surface area contributed by atoms with Crippen LogP contribution in [-0.2, 0) is 20.9 Å². The summed E-state index contributed by atoms with van der Waals surface area (Å²) in [6.45, 7) is 3.72. The molecule has 1 N–H and O–H groups in total. The van der Waals surface area contributed by atoms with Crippen molar-refractivity contribution in [2.75, 3.05) is 19.1 Å². The number of barbiturate groups is 1. The maximum Gasteiger partial charge on any atom is 0.373 e. The van der Waals surface area contributed by atoms with Gasteiger partial charge in [0, 0.05) is 0 Å². The normalized spacial score (nSPS) is 14.5. The summed E-state index contributed by atoms with van der Waals surface area (Å²) in [5.74, 6) is -0.980. The summed E-state index contributed by atoms with van der Waals surface area (Å²) < 4.78 is 21.2. The molecule has 1 saturated heterocycles. The molecule has 10 nitrogen and oxygen atoms in total. The highest BCUT2D eigenvalue weighted by Crippen LogP contribution is 2.31. The topological polar surface area (TPSA) is 124 Å². The zero-order valence-corrected chi connectivity index (χ0v) is 20.6. The Morgan fingerprint density at radius 1 is 0.973 bits per heavy atom. The van der Waals surface area contributed by atoms with Gasteiger partial charge in [0.15, 0.2) is 11.5 Å². The Bertz CT molecular complexity index is 1420. The Kier molecular flexibility index (Phi) is 7.10. The predicted molar refractivity (Wildman–Crippen MR) is 132 cm³/mol. The first-order valence-corrected chi connectivity index (χ1v) is 11.2. The lowest BCUT2D eigenvalue weighted by Gasteiger charge is -2.27. The number of nitrogens with one attached hydrogen (secondary N) is 1. The third-order valence-corrected chi connectivity index (χ3v) is 5.48. The molecule has 0 saturated carbocycles. The SMILES string of the molecule is COC(=O)c1ccc(COc2ccc(C=C3C(=O)NC(=O)N(c4cc(C)cc(C)c4)C3=O)cc2OC)o1. The summed E-state index contributed by atoms with van der Waals surface area (Å²) in [5.41, 5.74) is 2.38. The molecule has 1 aliphatic rings. The second-order valence-corrected chi connectivity index (χ2v) is 8.26. The van der Waals surface area contributed by atoms with Crippen LogP contribution in [0.5, 0.6) is 11.5 Å². The summed E-state index contributed by atoms with van der Waals surface area (Å²) in [6.07, 6.45) is 1.38. The Morgan fingerprint density at radius 3 is 2.38 bits per heavy atom. The number of anilines is 1. The van der Waals surface area contributed by atoms with E-state index in [0.29, 0.717) is 28.5 Å². The molecule has 4 amide bonds. The number of benzene rings is 2. The summed E-state index contributed by atoms with van der Waals surface area (Å²) in [5, 5.41) is 2.22. The van der Waals surface area contributed by atoms with Crippen molar-refractivity contribution >= 4 is 35.6 Å². The molecule has 3 aromatic rings. The van der Waals surface area contributed by atoms with Gasteiger partial charge in [0.2, 0.25) is 5.76 Å². The zero-order valence-electron chi connectivity index (χ0n) is 20.6. The number of hydrogen-bond donors (Lipinski definition) is 1. The van der Waals surface area contributed by atoms with Crippen LogP contribution in [-0.4, -0.2) is 38.0 Å². The van der Waals surface area contributed by atoms with E-state index in [-0.39, 0.29) is 17.9 Å². The summed E-state index contributed by atoms with van der Waals surface area (Å²) in [7, 11) is 2.70. The van der Waals surface area contributed by atoms with Gasteiger partial charge < -0.3 is 18.6 Å². The maximum absolute atomic E-state index is 13.2. The molecule has 0 bridgehead atoms. The van der Waals surface area contributed by atoms with Gasteiger partial charge in [0.1, 0.15) is 17.9 Å². The lowest BCUT2D eigenvalue weighted by atomic mass is 10.0. The molecule has 1 aliphatic heterocycles. The third-order valence-electron chi connectivity index (χ3n) is 5.48. The first kappa shape index (κ1) is 25.2. The van der Waals surface area contributed by atoms with Crippen LogP contribution in [0.3, 0.4) is 0 Å². The molecule has 0 unspecified atom stereocenters. The van der Waals surface area contributed by atoms with Crippen LogP contribution in [0.2, 0.25) is 0 Å². The second-order valence-electron chi connectivity index (χ2n) is 8.26. The molecule has 10 heteroatoms. The van der Waals surface area contributed by atoms with Crippen LogP contribution in [0.4, 0.5) is 10.5 Å². The predicted octanol–water partition coefficient (Wildman–Crippen LogP) is 3.94. The van der Waals surface area contributed by atoms with Gasteiger partial charge in [-0.1, -0.05) is 12.1 Å². The minimum Gasteiger partial charge on any atom is -0.493 e. The quantitative estimate of drug-likeness (QED) is 0.292. The van der Waals surface area contributed by atoms with Crippen molar-refractivity contribution in [1.82, 2.24) is 5.32 Å². The Hall–Kier alpha value is -4.86. The number of carbonyl (C=O) groups is 4. The standard InChI is InChI=1S/C27H24N2O8/c1-15-9-16(2)11-18(10-15)29-25(31)20(24(30)28-27(29)33)12-17-5-7-21(23(13-17)34-3)36-14-19-6-8-22(37-19)26(32)35-4/h5-13H,14H2,1-4H3,(H,28,30,33). The number of ether oxygens (including phenoxy) is 3. The zero-order chi connectivity index (χ0) is 26.7. The van der Waals surface area contributed by atoms with Crippen molar-refractivity contribution < 1.29 is 37.8 Å². The molecule has 0 aliphatic carbocycles. The molecule has 2 heterocycles. The molecular formula is C27H24N2O8. The molecular weight excluding hydrogens is 480 g/mol. The fourth-order valence-electron chi connectivity index (χ4n) is 3.85. The number of nitrogens with zero attached hydrogens (tertiary/aromatic N) is 1. The monoisotopic (exact) mass is 504 g/mol. The molecule has 0 spiro atoms. The third kappa shape index (κ3) is 5.37. The van der Waals surface area contributed by atoms with Crippen molar-refractivity contribution in [3.8, 4) is 11.5 Å². The molecule has 4 rings (SSSR count). The fraction of sp³-hybridized carbons (Fsp3) is 0.185. The fourth-order valence-corrected chi connectivity index (χ4v) is 3.85. The number of urea groups is 1. The van der Waals surface area contributed by atoms with Crippen molar-refractivity contribution in [3.63, 3.8) is 0 Å². The number of rotatable bonds is 7. The van der Waals surface area contributed by atoms with Gasteiger partial charge in [-0.05, 0) is 73.0 Å². The molecule has 37 heavy (non-hydrogen) atoms. The first-order chi connectivity index (χ1) is 17.7. The van der Waals surface area contributed by atoms with E-state index in [4.69, 9.17) is 13.9 Å². The van der Waals surface area contributed by atoms with Crippen LogP contribution < -0.4 is 19.7 Å². The highest BCUT2D eigenvalue weighted by molar-refractivity contribution is 6.39. The van der Waals surface area contributed by atoms with Crippen LogP contribution in [0.15, 0.2) is 58.5 Å². The average molecular weight is 504 g/mol. The van der Waals surface area contributed by atoms with E-state index in [1.165, 1.54) is 26.4 Å². The molecule has 190 valence electrons. The molecule has 0 atom stereocenters.